The number of hydrogen-bond donors (Lipinski definition) is 1. The zero-order chi connectivity index (χ0) is 18.4. The summed E-state index contributed by atoms with van der Waals surface area (Å²) in [6, 6.07) is 7.91. The predicted molar refractivity (Wildman–Crippen MR) is 102 cm³/mol. The molecule has 4 rings (SSSR count). The van der Waals surface area contributed by atoms with E-state index >= 15 is 0 Å². The number of aromatic nitrogens is 2. The van der Waals surface area contributed by atoms with E-state index < -0.39 is 0 Å². The van der Waals surface area contributed by atoms with Crippen molar-refractivity contribution in [3.63, 3.8) is 0 Å². The lowest BCUT2D eigenvalue weighted by Gasteiger charge is -2.19. The second kappa shape index (κ2) is 6.24. The molecule has 5 heteroatoms. The first kappa shape index (κ1) is 16.8. The molecule has 3 aromatic rings. The first-order valence-electron chi connectivity index (χ1n) is 9.14. The van der Waals surface area contributed by atoms with E-state index in [4.69, 9.17) is 9.51 Å². The topological polar surface area (TPSA) is 68.0 Å². The van der Waals surface area contributed by atoms with Gasteiger partial charge in [0.15, 0.2) is 5.76 Å². The van der Waals surface area contributed by atoms with Gasteiger partial charge >= 0.3 is 0 Å². The predicted octanol–water partition coefficient (Wildman–Crippen LogP) is 5.09. The van der Waals surface area contributed by atoms with Crippen LogP contribution in [-0.4, -0.2) is 16.0 Å². The summed E-state index contributed by atoms with van der Waals surface area (Å²) < 4.78 is 5.44. The molecular formula is C21H23N3O2. The number of carbonyl (C=O) groups excluding carboxylic acids is 1. The molecule has 5 nitrogen and oxygen atoms in total. The Kier molecular flexibility index (Phi) is 4.02. The first-order valence-corrected chi connectivity index (χ1v) is 9.14. The van der Waals surface area contributed by atoms with Gasteiger partial charge in [-0.1, -0.05) is 37.2 Å². The van der Waals surface area contributed by atoms with Gasteiger partial charge in [0.25, 0.3) is 5.91 Å². The van der Waals surface area contributed by atoms with E-state index in [2.05, 4.69) is 24.3 Å². The van der Waals surface area contributed by atoms with Gasteiger partial charge in [0, 0.05) is 22.6 Å². The SMILES string of the molecule is Cc1noc(C2CC2)c1C(=O)Nc1c(C(C)C)c(C)nc2ccccc12. The van der Waals surface area contributed by atoms with Gasteiger partial charge in [0.2, 0.25) is 0 Å². The molecule has 26 heavy (non-hydrogen) atoms. The first-order chi connectivity index (χ1) is 12.5. The lowest BCUT2D eigenvalue weighted by molar-refractivity contribution is 0.102. The Hall–Kier alpha value is -2.69. The lowest BCUT2D eigenvalue weighted by Crippen LogP contribution is -2.17. The fourth-order valence-electron chi connectivity index (χ4n) is 3.65. The number of pyridine rings is 1. The van der Waals surface area contributed by atoms with Crippen molar-refractivity contribution < 1.29 is 9.32 Å². The van der Waals surface area contributed by atoms with Crippen LogP contribution in [0.3, 0.4) is 0 Å². The molecule has 1 saturated carbocycles. The molecule has 134 valence electrons. The highest BCUT2D eigenvalue weighted by Crippen LogP contribution is 2.43. The van der Waals surface area contributed by atoms with Crippen LogP contribution in [-0.2, 0) is 0 Å². The molecule has 1 N–H and O–H groups in total. The van der Waals surface area contributed by atoms with Gasteiger partial charge in [0.1, 0.15) is 5.56 Å². The minimum atomic E-state index is -0.150. The Morgan fingerprint density at radius 1 is 1.19 bits per heavy atom. The van der Waals surface area contributed by atoms with E-state index in [1.807, 2.05) is 38.1 Å². The van der Waals surface area contributed by atoms with Gasteiger partial charge in [-0.25, -0.2) is 0 Å². The standard InChI is InChI=1S/C21H23N3O2/c1-11(2)17-12(3)22-16-8-6-5-7-15(16)19(17)23-21(25)18-13(4)24-26-20(18)14-9-10-14/h5-8,11,14H,9-10H2,1-4H3,(H,22,23,25). The minimum absolute atomic E-state index is 0.150. The summed E-state index contributed by atoms with van der Waals surface area (Å²) in [4.78, 5) is 17.9. The molecule has 1 fully saturated rings. The third-order valence-corrected chi connectivity index (χ3v) is 5.00. The van der Waals surface area contributed by atoms with Gasteiger partial charge in [-0.3, -0.25) is 9.78 Å². The molecule has 0 saturated heterocycles. The maximum absolute atomic E-state index is 13.1. The van der Waals surface area contributed by atoms with Crippen molar-refractivity contribution in [2.45, 2.75) is 52.4 Å². The summed E-state index contributed by atoms with van der Waals surface area (Å²) in [6.07, 6.45) is 2.12. The van der Waals surface area contributed by atoms with Crippen LogP contribution >= 0.6 is 0 Å². The maximum atomic E-state index is 13.1. The lowest BCUT2D eigenvalue weighted by atomic mass is 9.96. The summed E-state index contributed by atoms with van der Waals surface area (Å²) >= 11 is 0. The maximum Gasteiger partial charge on any atom is 0.261 e. The number of rotatable bonds is 4. The van der Waals surface area contributed by atoms with Gasteiger partial charge in [0.05, 0.1) is 16.9 Å². The molecule has 1 amide bonds. The van der Waals surface area contributed by atoms with Crippen LogP contribution in [0, 0.1) is 13.8 Å². The van der Waals surface area contributed by atoms with E-state index in [0.717, 1.165) is 46.4 Å². The van der Waals surface area contributed by atoms with Gasteiger partial charge < -0.3 is 9.84 Å². The minimum Gasteiger partial charge on any atom is -0.360 e. The molecule has 2 aromatic heterocycles. The highest BCUT2D eigenvalue weighted by molar-refractivity contribution is 6.10. The molecule has 0 radical (unpaired) electrons. The van der Waals surface area contributed by atoms with Crippen molar-refractivity contribution in [1.29, 1.82) is 0 Å². The van der Waals surface area contributed by atoms with Gasteiger partial charge in [-0.05, 0) is 38.7 Å². The summed E-state index contributed by atoms with van der Waals surface area (Å²) in [6.45, 7) is 8.06. The number of aryl methyl sites for hydroxylation is 2. The van der Waals surface area contributed by atoms with Crippen LogP contribution in [0.15, 0.2) is 28.8 Å². The fraction of sp³-hybridized carbons (Fsp3) is 0.381. The molecule has 1 aromatic carbocycles. The van der Waals surface area contributed by atoms with E-state index in [-0.39, 0.29) is 11.8 Å². The Balaban J connectivity index is 1.83. The van der Waals surface area contributed by atoms with Crippen molar-refractivity contribution in [1.82, 2.24) is 10.1 Å². The normalized spacial score (nSPS) is 14.2. The number of nitrogens with zero attached hydrogens (tertiary/aromatic N) is 2. The van der Waals surface area contributed by atoms with Crippen LogP contribution in [0.4, 0.5) is 5.69 Å². The molecule has 2 heterocycles. The van der Waals surface area contributed by atoms with Crippen molar-refractivity contribution >= 4 is 22.5 Å². The van der Waals surface area contributed by atoms with Gasteiger partial charge in [-0.2, -0.15) is 0 Å². The average Bonchev–Trinajstić information content (AvgIpc) is 3.36. The van der Waals surface area contributed by atoms with E-state index in [0.29, 0.717) is 17.2 Å². The Labute approximate surface area is 152 Å². The highest BCUT2D eigenvalue weighted by atomic mass is 16.5. The van der Waals surface area contributed by atoms with Crippen molar-refractivity contribution in [2.75, 3.05) is 5.32 Å². The fourth-order valence-corrected chi connectivity index (χ4v) is 3.65. The Bertz CT molecular complexity index is 1000. The smallest absolute Gasteiger partial charge is 0.261 e. The zero-order valence-electron chi connectivity index (χ0n) is 15.6. The molecule has 0 bridgehead atoms. The molecule has 0 aliphatic heterocycles. The Morgan fingerprint density at radius 3 is 2.62 bits per heavy atom. The second-order valence-corrected chi connectivity index (χ2v) is 7.39. The van der Waals surface area contributed by atoms with Gasteiger partial charge in [-0.15, -0.1) is 0 Å². The van der Waals surface area contributed by atoms with E-state index in [9.17, 15) is 4.79 Å². The molecule has 0 spiro atoms. The molecular weight excluding hydrogens is 326 g/mol. The van der Waals surface area contributed by atoms with E-state index in [1.54, 1.807) is 0 Å². The van der Waals surface area contributed by atoms with Crippen LogP contribution in [0.2, 0.25) is 0 Å². The number of hydrogen-bond acceptors (Lipinski definition) is 4. The number of nitrogens with one attached hydrogen (secondary N) is 1. The zero-order valence-corrected chi connectivity index (χ0v) is 15.6. The number of benzene rings is 1. The van der Waals surface area contributed by atoms with Crippen molar-refractivity contribution in [2.24, 2.45) is 0 Å². The number of para-hydroxylation sites is 1. The number of fused-ring (bicyclic) bond motifs is 1. The third kappa shape index (κ3) is 2.77. The molecule has 1 aliphatic rings. The quantitative estimate of drug-likeness (QED) is 0.712. The number of amides is 1. The largest absolute Gasteiger partial charge is 0.360 e. The molecule has 0 atom stereocenters. The van der Waals surface area contributed by atoms with Crippen LogP contribution in [0.25, 0.3) is 10.9 Å². The number of carbonyl (C=O) groups is 1. The second-order valence-electron chi connectivity index (χ2n) is 7.39. The molecule has 0 unspecified atom stereocenters. The summed E-state index contributed by atoms with van der Waals surface area (Å²) in [5.74, 6) is 1.15. The summed E-state index contributed by atoms with van der Waals surface area (Å²) in [7, 11) is 0. The van der Waals surface area contributed by atoms with Crippen molar-refractivity contribution in [3.8, 4) is 0 Å². The van der Waals surface area contributed by atoms with Crippen LogP contribution in [0.5, 0.6) is 0 Å². The van der Waals surface area contributed by atoms with Crippen LogP contribution in [0.1, 0.15) is 71.6 Å². The third-order valence-electron chi connectivity index (χ3n) is 5.00. The summed E-state index contributed by atoms with van der Waals surface area (Å²) in [5.41, 5.74) is 4.97. The summed E-state index contributed by atoms with van der Waals surface area (Å²) in [5, 5.41) is 8.15. The average molecular weight is 349 g/mol. The molecule has 1 aliphatic carbocycles. The van der Waals surface area contributed by atoms with Crippen LogP contribution < -0.4 is 5.32 Å². The van der Waals surface area contributed by atoms with Crippen molar-refractivity contribution in [3.05, 3.63) is 52.5 Å². The monoisotopic (exact) mass is 349 g/mol. The van der Waals surface area contributed by atoms with E-state index in [1.165, 1.54) is 0 Å². The highest BCUT2D eigenvalue weighted by Gasteiger charge is 2.34. The number of anilines is 1. The Morgan fingerprint density at radius 2 is 1.92 bits per heavy atom.